The summed E-state index contributed by atoms with van der Waals surface area (Å²) in [6.45, 7) is 1.96. The fourth-order valence-corrected chi connectivity index (χ4v) is 1.80. The van der Waals surface area contributed by atoms with Crippen LogP contribution in [0.15, 0.2) is 18.2 Å². The van der Waals surface area contributed by atoms with Gasteiger partial charge in [-0.3, -0.25) is 0 Å². The lowest BCUT2D eigenvalue weighted by atomic mass is 10.0. The Labute approximate surface area is 81.4 Å². The van der Waals surface area contributed by atoms with Crippen LogP contribution in [0, 0.1) is 23.5 Å². The van der Waals surface area contributed by atoms with Gasteiger partial charge in [-0.1, -0.05) is 13.0 Å². The summed E-state index contributed by atoms with van der Waals surface area (Å²) in [7, 11) is 0. The second kappa shape index (κ2) is 3.31. The van der Waals surface area contributed by atoms with E-state index in [1.807, 2.05) is 6.92 Å². The summed E-state index contributed by atoms with van der Waals surface area (Å²) < 4.78 is 26.4. The largest absolute Gasteiger partial charge is 0.388 e. The van der Waals surface area contributed by atoms with Crippen molar-refractivity contribution in [2.45, 2.75) is 19.4 Å². The second-order valence-electron chi connectivity index (χ2n) is 3.96. The summed E-state index contributed by atoms with van der Waals surface area (Å²) in [5.41, 5.74) is -0.179. The van der Waals surface area contributed by atoms with Crippen molar-refractivity contribution in [1.82, 2.24) is 0 Å². The van der Waals surface area contributed by atoms with Gasteiger partial charge in [-0.25, -0.2) is 8.78 Å². The van der Waals surface area contributed by atoms with Gasteiger partial charge in [-0.15, -0.1) is 0 Å². The Kier molecular flexibility index (Phi) is 2.27. The number of halogens is 2. The Morgan fingerprint density at radius 1 is 1.36 bits per heavy atom. The molecular formula is C11H12F2O. The van der Waals surface area contributed by atoms with Crippen LogP contribution in [-0.4, -0.2) is 5.11 Å². The minimum atomic E-state index is -0.994. The molecule has 0 amide bonds. The van der Waals surface area contributed by atoms with Gasteiger partial charge in [0.25, 0.3) is 0 Å². The van der Waals surface area contributed by atoms with Crippen LogP contribution in [0.2, 0.25) is 0 Å². The molecule has 3 heteroatoms. The first kappa shape index (κ1) is 9.59. The molecule has 0 bridgehead atoms. The van der Waals surface area contributed by atoms with E-state index >= 15 is 0 Å². The number of aliphatic hydroxyl groups excluding tert-OH is 1. The van der Waals surface area contributed by atoms with E-state index in [9.17, 15) is 13.9 Å². The highest BCUT2D eigenvalue weighted by Gasteiger charge is 2.41. The van der Waals surface area contributed by atoms with Crippen molar-refractivity contribution in [1.29, 1.82) is 0 Å². The van der Waals surface area contributed by atoms with E-state index in [-0.39, 0.29) is 11.5 Å². The molecule has 3 unspecified atom stereocenters. The Morgan fingerprint density at radius 2 is 1.86 bits per heavy atom. The lowest BCUT2D eigenvalue weighted by molar-refractivity contribution is 0.139. The van der Waals surface area contributed by atoms with Gasteiger partial charge in [0.1, 0.15) is 11.6 Å². The SMILES string of the molecule is CC1CC1C(O)c1c(F)cccc1F. The fraction of sp³-hybridized carbons (Fsp3) is 0.455. The zero-order valence-corrected chi connectivity index (χ0v) is 7.87. The molecule has 1 nitrogen and oxygen atoms in total. The van der Waals surface area contributed by atoms with Gasteiger partial charge in [-0.05, 0) is 30.4 Å². The number of benzene rings is 1. The van der Waals surface area contributed by atoms with E-state index in [1.165, 1.54) is 18.2 Å². The summed E-state index contributed by atoms with van der Waals surface area (Å²) >= 11 is 0. The maximum absolute atomic E-state index is 13.2. The van der Waals surface area contributed by atoms with Gasteiger partial charge in [0.15, 0.2) is 0 Å². The average Bonchev–Trinajstić information content (AvgIpc) is 2.82. The highest BCUT2D eigenvalue weighted by atomic mass is 19.1. The van der Waals surface area contributed by atoms with Crippen molar-refractivity contribution in [3.05, 3.63) is 35.4 Å². The van der Waals surface area contributed by atoms with Crippen LogP contribution in [0.1, 0.15) is 25.0 Å². The lowest BCUT2D eigenvalue weighted by Gasteiger charge is -2.11. The number of rotatable bonds is 2. The van der Waals surface area contributed by atoms with Gasteiger partial charge in [0.05, 0.1) is 11.7 Å². The maximum Gasteiger partial charge on any atom is 0.131 e. The molecule has 0 spiro atoms. The molecule has 0 radical (unpaired) electrons. The van der Waals surface area contributed by atoms with Crippen LogP contribution in [0.25, 0.3) is 0 Å². The van der Waals surface area contributed by atoms with E-state index < -0.39 is 17.7 Å². The Bertz CT molecular complexity index is 331. The number of aliphatic hydroxyl groups is 1. The maximum atomic E-state index is 13.2. The predicted molar refractivity (Wildman–Crippen MR) is 48.6 cm³/mol. The minimum absolute atomic E-state index is 0.0152. The molecule has 0 saturated heterocycles. The van der Waals surface area contributed by atoms with Crippen LogP contribution in [-0.2, 0) is 0 Å². The summed E-state index contributed by atoms with van der Waals surface area (Å²) in [6.07, 6.45) is -0.152. The van der Waals surface area contributed by atoms with Crippen LogP contribution in [0.5, 0.6) is 0 Å². The van der Waals surface area contributed by atoms with Crippen LogP contribution >= 0.6 is 0 Å². The van der Waals surface area contributed by atoms with E-state index in [0.717, 1.165) is 6.42 Å². The number of hydrogen-bond donors (Lipinski definition) is 1. The average molecular weight is 198 g/mol. The van der Waals surface area contributed by atoms with Crippen molar-refractivity contribution in [3.63, 3.8) is 0 Å². The highest BCUT2D eigenvalue weighted by Crippen LogP contribution is 2.47. The van der Waals surface area contributed by atoms with Crippen molar-refractivity contribution >= 4 is 0 Å². The van der Waals surface area contributed by atoms with Gasteiger partial charge in [-0.2, -0.15) is 0 Å². The van der Waals surface area contributed by atoms with Gasteiger partial charge < -0.3 is 5.11 Å². The lowest BCUT2D eigenvalue weighted by Crippen LogP contribution is -2.06. The molecule has 1 N–H and O–H groups in total. The summed E-state index contributed by atoms with van der Waals surface area (Å²) in [4.78, 5) is 0. The molecule has 1 aliphatic carbocycles. The molecular weight excluding hydrogens is 186 g/mol. The molecule has 76 valence electrons. The molecule has 1 aromatic rings. The summed E-state index contributed by atoms with van der Waals surface area (Å²) in [5.74, 6) is -0.932. The minimum Gasteiger partial charge on any atom is -0.388 e. The quantitative estimate of drug-likeness (QED) is 0.774. The van der Waals surface area contributed by atoms with Crippen LogP contribution in [0.4, 0.5) is 8.78 Å². The molecule has 0 aliphatic heterocycles. The van der Waals surface area contributed by atoms with Crippen molar-refractivity contribution in [2.75, 3.05) is 0 Å². The Morgan fingerprint density at radius 3 is 2.29 bits per heavy atom. The molecule has 14 heavy (non-hydrogen) atoms. The van der Waals surface area contributed by atoms with E-state index in [0.29, 0.717) is 5.92 Å². The third kappa shape index (κ3) is 1.52. The van der Waals surface area contributed by atoms with Gasteiger partial charge in [0, 0.05) is 0 Å². The van der Waals surface area contributed by atoms with E-state index in [2.05, 4.69) is 0 Å². The third-order valence-electron chi connectivity index (χ3n) is 2.87. The molecule has 0 heterocycles. The summed E-state index contributed by atoms with van der Waals surface area (Å²) in [6, 6.07) is 3.65. The molecule has 2 rings (SSSR count). The number of hydrogen-bond acceptors (Lipinski definition) is 1. The highest BCUT2D eigenvalue weighted by molar-refractivity contribution is 5.23. The van der Waals surface area contributed by atoms with Crippen LogP contribution < -0.4 is 0 Å². The van der Waals surface area contributed by atoms with Crippen molar-refractivity contribution < 1.29 is 13.9 Å². The standard InChI is InChI=1S/C11H12F2O/c1-6-5-7(6)11(14)10-8(12)3-2-4-9(10)13/h2-4,6-7,11,14H,5H2,1H3. The molecule has 1 fully saturated rings. The second-order valence-corrected chi connectivity index (χ2v) is 3.96. The first-order chi connectivity index (χ1) is 6.61. The van der Waals surface area contributed by atoms with Crippen LogP contribution in [0.3, 0.4) is 0 Å². The third-order valence-corrected chi connectivity index (χ3v) is 2.87. The summed E-state index contributed by atoms with van der Waals surface area (Å²) in [5, 5.41) is 9.71. The smallest absolute Gasteiger partial charge is 0.131 e. The Balaban J connectivity index is 2.31. The molecule has 1 aromatic carbocycles. The Hall–Kier alpha value is -0.960. The van der Waals surface area contributed by atoms with E-state index in [1.54, 1.807) is 0 Å². The molecule has 1 aliphatic rings. The first-order valence-corrected chi connectivity index (χ1v) is 4.73. The zero-order chi connectivity index (χ0) is 10.3. The molecule has 3 atom stereocenters. The van der Waals surface area contributed by atoms with Crippen molar-refractivity contribution in [2.24, 2.45) is 11.8 Å². The zero-order valence-electron chi connectivity index (χ0n) is 7.87. The topological polar surface area (TPSA) is 20.2 Å². The predicted octanol–water partition coefficient (Wildman–Crippen LogP) is 2.65. The molecule has 1 saturated carbocycles. The molecule has 0 aromatic heterocycles. The van der Waals surface area contributed by atoms with Gasteiger partial charge >= 0.3 is 0 Å². The van der Waals surface area contributed by atoms with Crippen molar-refractivity contribution in [3.8, 4) is 0 Å². The van der Waals surface area contributed by atoms with E-state index in [4.69, 9.17) is 0 Å². The fourth-order valence-electron chi connectivity index (χ4n) is 1.80. The monoisotopic (exact) mass is 198 g/mol. The van der Waals surface area contributed by atoms with Gasteiger partial charge in [0.2, 0.25) is 0 Å². The normalized spacial score (nSPS) is 27.4. The first-order valence-electron chi connectivity index (χ1n) is 4.73.